The Morgan fingerprint density at radius 2 is 2.00 bits per heavy atom. The topological polar surface area (TPSA) is 59.4 Å². The summed E-state index contributed by atoms with van der Waals surface area (Å²) in [6.45, 7) is 5.87. The fourth-order valence-corrected chi connectivity index (χ4v) is 4.12. The standard InChI is InChI=1S/C20H26N4O2.ClH/c1-15-3-4-18(26-2)17(13-15)24-10-5-16(22-24)19(25)23-11-7-20(8-12-23)6-9-21-14-20;/h3-5,10,13,21H,6-9,11-12,14H2,1-2H3;1H. The summed E-state index contributed by atoms with van der Waals surface area (Å²) in [5.41, 5.74) is 2.87. The van der Waals surface area contributed by atoms with E-state index in [2.05, 4.69) is 10.4 Å². The Hall–Kier alpha value is -2.05. The lowest BCUT2D eigenvalue weighted by atomic mass is 9.78. The highest BCUT2D eigenvalue weighted by atomic mass is 35.5. The fraction of sp³-hybridized carbons (Fsp3) is 0.500. The van der Waals surface area contributed by atoms with Gasteiger partial charge in [0.05, 0.1) is 7.11 Å². The molecule has 7 heteroatoms. The van der Waals surface area contributed by atoms with Gasteiger partial charge in [-0.25, -0.2) is 4.68 Å². The summed E-state index contributed by atoms with van der Waals surface area (Å²) in [7, 11) is 1.64. The van der Waals surface area contributed by atoms with E-state index in [4.69, 9.17) is 4.74 Å². The molecular formula is C20H27ClN4O2. The lowest BCUT2D eigenvalue weighted by Crippen LogP contribution is -2.44. The first-order chi connectivity index (χ1) is 12.6. The quantitative estimate of drug-likeness (QED) is 0.875. The van der Waals surface area contributed by atoms with Gasteiger partial charge in [-0.15, -0.1) is 12.4 Å². The van der Waals surface area contributed by atoms with E-state index in [1.807, 2.05) is 36.2 Å². The zero-order valence-electron chi connectivity index (χ0n) is 15.9. The van der Waals surface area contributed by atoms with Crippen molar-refractivity contribution in [3.8, 4) is 11.4 Å². The molecule has 0 bridgehead atoms. The Kier molecular flexibility index (Phi) is 5.77. The number of hydrogen-bond acceptors (Lipinski definition) is 4. The van der Waals surface area contributed by atoms with E-state index in [-0.39, 0.29) is 18.3 Å². The second-order valence-corrected chi connectivity index (χ2v) is 7.54. The average molecular weight is 391 g/mol. The van der Waals surface area contributed by atoms with Crippen LogP contribution in [-0.2, 0) is 0 Å². The van der Waals surface area contributed by atoms with Gasteiger partial charge in [0.25, 0.3) is 5.91 Å². The van der Waals surface area contributed by atoms with Crippen LogP contribution >= 0.6 is 12.4 Å². The summed E-state index contributed by atoms with van der Waals surface area (Å²) in [6, 6.07) is 7.73. The van der Waals surface area contributed by atoms with Crippen LogP contribution in [0.5, 0.6) is 5.75 Å². The maximum Gasteiger partial charge on any atom is 0.274 e. The molecule has 1 amide bonds. The van der Waals surface area contributed by atoms with Gasteiger partial charge in [0.15, 0.2) is 5.69 Å². The second-order valence-electron chi connectivity index (χ2n) is 7.54. The van der Waals surface area contributed by atoms with E-state index in [0.29, 0.717) is 11.1 Å². The first-order valence-electron chi connectivity index (χ1n) is 9.31. The summed E-state index contributed by atoms with van der Waals surface area (Å²) >= 11 is 0. The van der Waals surface area contributed by atoms with Crippen LogP contribution in [0.2, 0.25) is 0 Å². The van der Waals surface area contributed by atoms with E-state index in [9.17, 15) is 4.79 Å². The van der Waals surface area contributed by atoms with E-state index >= 15 is 0 Å². The average Bonchev–Trinajstić information content (AvgIpc) is 3.32. The first kappa shape index (κ1) is 19.7. The van der Waals surface area contributed by atoms with Gasteiger partial charge >= 0.3 is 0 Å². The number of aromatic nitrogens is 2. The Bertz CT molecular complexity index is 804. The largest absolute Gasteiger partial charge is 0.494 e. The summed E-state index contributed by atoms with van der Waals surface area (Å²) in [4.78, 5) is 14.8. The molecule has 1 aromatic heterocycles. The molecule has 0 atom stereocenters. The number of piperidine rings is 1. The van der Waals surface area contributed by atoms with Crippen LogP contribution in [0.1, 0.15) is 35.3 Å². The van der Waals surface area contributed by atoms with Crippen molar-refractivity contribution in [2.45, 2.75) is 26.2 Å². The normalized spacial score (nSPS) is 18.4. The van der Waals surface area contributed by atoms with Gasteiger partial charge in [0.2, 0.25) is 0 Å². The molecule has 27 heavy (non-hydrogen) atoms. The number of carbonyl (C=O) groups excluding carboxylic acids is 1. The van der Waals surface area contributed by atoms with Gasteiger partial charge < -0.3 is 15.0 Å². The zero-order valence-corrected chi connectivity index (χ0v) is 16.7. The number of methoxy groups -OCH3 is 1. The van der Waals surface area contributed by atoms with Gasteiger partial charge in [-0.3, -0.25) is 4.79 Å². The highest BCUT2D eigenvalue weighted by Crippen LogP contribution is 2.37. The SMILES string of the molecule is COc1ccc(C)cc1-n1ccc(C(=O)N2CCC3(CCNC3)CC2)n1.Cl. The molecule has 146 valence electrons. The molecule has 1 aromatic carbocycles. The van der Waals surface area contributed by atoms with Crippen molar-refractivity contribution in [2.24, 2.45) is 5.41 Å². The molecule has 1 spiro atoms. The summed E-state index contributed by atoms with van der Waals surface area (Å²) in [5.74, 6) is 0.766. The number of aryl methyl sites for hydroxylation is 1. The highest BCUT2D eigenvalue weighted by molar-refractivity contribution is 5.92. The number of ether oxygens (including phenoxy) is 1. The number of benzene rings is 1. The lowest BCUT2D eigenvalue weighted by Gasteiger charge is -2.38. The van der Waals surface area contributed by atoms with Crippen molar-refractivity contribution in [3.63, 3.8) is 0 Å². The summed E-state index contributed by atoms with van der Waals surface area (Å²) in [5, 5.41) is 7.99. The maximum atomic E-state index is 12.9. The third-order valence-electron chi connectivity index (χ3n) is 5.83. The van der Waals surface area contributed by atoms with Crippen molar-refractivity contribution in [3.05, 3.63) is 41.7 Å². The van der Waals surface area contributed by atoms with Crippen LogP contribution in [-0.4, -0.2) is 53.9 Å². The number of nitrogens with zero attached hydrogens (tertiary/aromatic N) is 3. The third kappa shape index (κ3) is 3.82. The Morgan fingerprint density at radius 3 is 2.67 bits per heavy atom. The number of amides is 1. The van der Waals surface area contributed by atoms with E-state index in [0.717, 1.165) is 56.0 Å². The monoisotopic (exact) mass is 390 g/mol. The summed E-state index contributed by atoms with van der Waals surface area (Å²) in [6.07, 6.45) is 5.23. The van der Waals surface area contributed by atoms with Gasteiger partial charge in [-0.05, 0) is 61.9 Å². The van der Waals surface area contributed by atoms with Crippen LogP contribution < -0.4 is 10.1 Å². The fourth-order valence-electron chi connectivity index (χ4n) is 4.12. The van der Waals surface area contributed by atoms with Crippen LogP contribution in [0.25, 0.3) is 5.69 Å². The Morgan fingerprint density at radius 1 is 1.22 bits per heavy atom. The molecule has 0 aliphatic carbocycles. The minimum absolute atomic E-state index is 0. The lowest BCUT2D eigenvalue weighted by molar-refractivity contribution is 0.0601. The number of hydrogen-bond donors (Lipinski definition) is 1. The van der Waals surface area contributed by atoms with Crippen molar-refractivity contribution in [1.82, 2.24) is 20.0 Å². The number of nitrogens with one attached hydrogen (secondary N) is 1. The third-order valence-corrected chi connectivity index (χ3v) is 5.83. The van der Waals surface area contributed by atoms with E-state index < -0.39 is 0 Å². The maximum absolute atomic E-state index is 12.9. The molecule has 4 rings (SSSR count). The number of likely N-dealkylation sites (tertiary alicyclic amines) is 1. The number of rotatable bonds is 3. The number of halogens is 1. The van der Waals surface area contributed by atoms with Gasteiger partial charge in [-0.1, -0.05) is 6.07 Å². The van der Waals surface area contributed by atoms with Crippen molar-refractivity contribution in [2.75, 3.05) is 33.3 Å². The smallest absolute Gasteiger partial charge is 0.274 e. The van der Waals surface area contributed by atoms with Crippen molar-refractivity contribution < 1.29 is 9.53 Å². The molecule has 2 saturated heterocycles. The van der Waals surface area contributed by atoms with Gasteiger partial charge in [0, 0.05) is 25.8 Å². The van der Waals surface area contributed by atoms with Gasteiger partial charge in [-0.2, -0.15) is 5.10 Å². The van der Waals surface area contributed by atoms with Crippen LogP contribution in [0.4, 0.5) is 0 Å². The molecule has 1 N–H and O–H groups in total. The molecule has 2 fully saturated rings. The molecular weight excluding hydrogens is 364 g/mol. The minimum Gasteiger partial charge on any atom is -0.494 e. The van der Waals surface area contributed by atoms with Gasteiger partial charge in [0.1, 0.15) is 11.4 Å². The van der Waals surface area contributed by atoms with E-state index in [1.54, 1.807) is 17.9 Å². The second kappa shape index (κ2) is 7.90. The Labute approximate surface area is 166 Å². The number of carbonyl (C=O) groups is 1. The molecule has 0 unspecified atom stereocenters. The first-order valence-corrected chi connectivity index (χ1v) is 9.31. The molecule has 0 radical (unpaired) electrons. The molecule has 2 aromatic rings. The Balaban J connectivity index is 0.00000210. The molecule has 2 aliphatic rings. The zero-order chi connectivity index (χ0) is 18.1. The van der Waals surface area contributed by atoms with E-state index in [1.165, 1.54) is 6.42 Å². The molecule has 6 nitrogen and oxygen atoms in total. The highest BCUT2D eigenvalue weighted by Gasteiger charge is 2.38. The van der Waals surface area contributed by atoms with Crippen LogP contribution in [0.15, 0.2) is 30.5 Å². The predicted molar refractivity (Wildman–Crippen MR) is 107 cm³/mol. The molecule has 2 aliphatic heterocycles. The summed E-state index contributed by atoms with van der Waals surface area (Å²) < 4.78 is 7.16. The van der Waals surface area contributed by atoms with Crippen LogP contribution in [0, 0.1) is 12.3 Å². The van der Waals surface area contributed by atoms with Crippen LogP contribution in [0.3, 0.4) is 0 Å². The van der Waals surface area contributed by atoms with Crippen molar-refractivity contribution >= 4 is 18.3 Å². The minimum atomic E-state index is 0. The molecule has 0 saturated carbocycles. The van der Waals surface area contributed by atoms with Crippen molar-refractivity contribution in [1.29, 1.82) is 0 Å². The molecule has 3 heterocycles. The predicted octanol–water partition coefficient (Wildman–Crippen LogP) is 2.83.